The molecule has 0 aromatic carbocycles. The Morgan fingerprint density at radius 1 is 1.48 bits per heavy atom. The molecule has 0 bridgehead atoms. The van der Waals surface area contributed by atoms with Gasteiger partial charge in [0.25, 0.3) is 0 Å². The summed E-state index contributed by atoms with van der Waals surface area (Å²) in [5.41, 5.74) is 0.616. The smallest absolute Gasteiger partial charge is 0.313 e. The van der Waals surface area contributed by atoms with Crippen LogP contribution in [0.4, 0.5) is 0 Å². The molecule has 2 heterocycles. The van der Waals surface area contributed by atoms with Crippen molar-refractivity contribution in [2.24, 2.45) is 0 Å². The van der Waals surface area contributed by atoms with Crippen LogP contribution in [-0.4, -0.2) is 50.3 Å². The molecule has 112 valence electrons. The number of hydrogen-bond donors (Lipinski definition) is 1. The molecular formula is C12H13ClN4O3S. The largest absolute Gasteiger partial charge is 0.481 e. The van der Waals surface area contributed by atoms with E-state index in [2.05, 4.69) is 15.2 Å². The number of pyridine rings is 1. The van der Waals surface area contributed by atoms with Crippen LogP contribution in [0, 0.1) is 0 Å². The average Bonchev–Trinajstić information content (AvgIpc) is 2.86. The van der Waals surface area contributed by atoms with Gasteiger partial charge in [0.1, 0.15) is 5.69 Å². The van der Waals surface area contributed by atoms with Gasteiger partial charge in [0.2, 0.25) is 0 Å². The van der Waals surface area contributed by atoms with E-state index >= 15 is 0 Å². The van der Waals surface area contributed by atoms with Gasteiger partial charge in [-0.1, -0.05) is 23.4 Å². The molecule has 0 amide bonds. The zero-order valence-electron chi connectivity index (χ0n) is 11.2. The first-order chi connectivity index (χ1) is 10.1. The van der Waals surface area contributed by atoms with Crippen molar-refractivity contribution in [3.8, 4) is 11.5 Å². The van der Waals surface area contributed by atoms with Gasteiger partial charge < -0.3 is 9.84 Å². The van der Waals surface area contributed by atoms with E-state index in [4.69, 9.17) is 21.4 Å². The fourth-order valence-corrected chi connectivity index (χ4v) is 2.40. The molecule has 21 heavy (non-hydrogen) atoms. The summed E-state index contributed by atoms with van der Waals surface area (Å²) in [4.78, 5) is 14.9. The lowest BCUT2D eigenvalue weighted by molar-refractivity contribution is -0.133. The molecule has 0 aliphatic carbocycles. The summed E-state index contributed by atoms with van der Waals surface area (Å²) in [6, 6.07) is 3.45. The maximum absolute atomic E-state index is 10.7. The second-order valence-corrected chi connectivity index (χ2v) is 5.37. The van der Waals surface area contributed by atoms with Gasteiger partial charge >= 0.3 is 5.97 Å². The van der Waals surface area contributed by atoms with Crippen molar-refractivity contribution >= 4 is 29.3 Å². The van der Waals surface area contributed by atoms with Crippen molar-refractivity contribution < 1.29 is 14.6 Å². The predicted molar refractivity (Wildman–Crippen MR) is 78.5 cm³/mol. The first kappa shape index (κ1) is 15.7. The van der Waals surface area contributed by atoms with E-state index in [0.717, 1.165) is 11.8 Å². The molecule has 7 nitrogen and oxygen atoms in total. The Kier molecular flexibility index (Phi) is 5.54. The van der Waals surface area contributed by atoms with Crippen LogP contribution in [0.25, 0.3) is 11.5 Å². The maximum atomic E-state index is 10.7. The molecular weight excluding hydrogens is 316 g/mol. The highest BCUT2D eigenvalue weighted by molar-refractivity contribution is 7.99. The Bertz CT molecular complexity index is 617. The van der Waals surface area contributed by atoms with E-state index < -0.39 is 5.97 Å². The number of carboxylic acids is 1. The minimum absolute atomic E-state index is 0.0842. The molecule has 0 aliphatic heterocycles. The molecule has 2 aromatic rings. The Hall–Kier alpha value is -1.64. The molecule has 0 atom stereocenters. The minimum Gasteiger partial charge on any atom is -0.481 e. The Balaban J connectivity index is 2.31. The average molecular weight is 329 g/mol. The van der Waals surface area contributed by atoms with Gasteiger partial charge in [-0.3, -0.25) is 14.3 Å². The number of carbonyl (C=O) groups is 1. The topological polar surface area (TPSA) is 90.1 Å². The first-order valence-corrected chi connectivity index (χ1v) is 7.37. The maximum Gasteiger partial charge on any atom is 0.313 e. The van der Waals surface area contributed by atoms with Gasteiger partial charge in [0, 0.05) is 13.3 Å². The lowest BCUT2D eigenvalue weighted by atomic mass is 10.3. The van der Waals surface area contributed by atoms with Crippen LogP contribution >= 0.6 is 23.4 Å². The minimum atomic E-state index is -0.910. The summed E-state index contributed by atoms with van der Waals surface area (Å²) < 4.78 is 6.85. The Labute approximate surface area is 130 Å². The quantitative estimate of drug-likeness (QED) is 0.775. The number of halogens is 1. The summed E-state index contributed by atoms with van der Waals surface area (Å²) in [6.45, 7) is 0.963. The second-order valence-electron chi connectivity index (χ2n) is 3.99. The van der Waals surface area contributed by atoms with Crippen LogP contribution in [0.3, 0.4) is 0 Å². The van der Waals surface area contributed by atoms with E-state index in [1.54, 1.807) is 23.8 Å². The number of ether oxygens (including phenoxy) is 1. The Morgan fingerprint density at radius 2 is 2.29 bits per heavy atom. The fraction of sp³-hybridized carbons (Fsp3) is 0.333. The van der Waals surface area contributed by atoms with Crippen LogP contribution in [-0.2, 0) is 16.1 Å². The molecule has 2 rings (SSSR count). The van der Waals surface area contributed by atoms with E-state index in [0.29, 0.717) is 34.8 Å². The summed E-state index contributed by atoms with van der Waals surface area (Å²) in [5, 5.41) is 17.9. The summed E-state index contributed by atoms with van der Waals surface area (Å²) in [7, 11) is 1.59. The molecule has 0 saturated carbocycles. The van der Waals surface area contributed by atoms with Crippen molar-refractivity contribution in [3.63, 3.8) is 0 Å². The highest BCUT2D eigenvalue weighted by atomic mass is 35.5. The molecule has 0 unspecified atom stereocenters. The number of hydrogen-bond acceptors (Lipinski definition) is 6. The first-order valence-electron chi connectivity index (χ1n) is 6.00. The number of methoxy groups -OCH3 is 1. The number of aromatic nitrogens is 4. The number of thioether (sulfide) groups is 1. The summed E-state index contributed by atoms with van der Waals surface area (Å²) in [6.07, 6.45) is 1.52. The van der Waals surface area contributed by atoms with Gasteiger partial charge in [-0.05, 0) is 12.1 Å². The van der Waals surface area contributed by atoms with E-state index in [9.17, 15) is 4.79 Å². The molecule has 0 aliphatic rings. The zero-order valence-corrected chi connectivity index (χ0v) is 12.8. The second kappa shape index (κ2) is 7.39. The van der Waals surface area contributed by atoms with E-state index in [1.807, 2.05) is 0 Å². The number of carboxylic acid groups (broad SMARTS) is 1. The monoisotopic (exact) mass is 328 g/mol. The third-order valence-electron chi connectivity index (χ3n) is 2.52. The van der Waals surface area contributed by atoms with Crippen LogP contribution in [0.1, 0.15) is 0 Å². The highest BCUT2D eigenvalue weighted by Gasteiger charge is 2.16. The molecule has 0 radical (unpaired) electrons. The summed E-state index contributed by atoms with van der Waals surface area (Å²) in [5.74, 6) is -0.442. The van der Waals surface area contributed by atoms with Gasteiger partial charge in [0.05, 0.1) is 23.9 Å². The lowest BCUT2D eigenvalue weighted by Crippen LogP contribution is -2.09. The number of nitrogens with zero attached hydrogens (tertiary/aromatic N) is 4. The van der Waals surface area contributed by atoms with Gasteiger partial charge in [-0.25, -0.2) is 0 Å². The Morgan fingerprint density at radius 3 is 2.90 bits per heavy atom. The predicted octanol–water partition coefficient (Wildman–Crippen LogP) is 1.82. The van der Waals surface area contributed by atoms with Crippen molar-refractivity contribution in [1.29, 1.82) is 0 Å². The number of rotatable bonds is 7. The molecule has 1 N–H and O–H groups in total. The summed E-state index contributed by atoms with van der Waals surface area (Å²) >= 11 is 6.92. The third kappa shape index (κ3) is 4.16. The molecule has 0 saturated heterocycles. The highest BCUT2D eigenvalue weighted by Crippen LogP contribution is 2.23. The molecule has 9 heteroatoms. The number of aliphatic carboxylic acids is 1. The zero-order chi connectivity index (χ0) is 15.2. The van der Waals surface area contributed by atoms with Crippen molar-refractivity contribution in [3.05, 3.63) is 23.4 Å². The normalized spacial score (nSPS) is 10.8. The fourth-order valence-electron chi connectivity index (χ4n) is 1.60. The van der Waals surface area contributed by atoms with Crippen LogP contribution < -0.4 is 0 Å². The van der Waals surface area contributed by atoms with Crippen molar-refractivity contribution in [1.82, 2.24) is 19.7 Å². The van der Waals surface area contributed by atoms with Crippen LogP contribution in [0.2, 0.25) is 5.02 Å². The van der Waals surface area contributed by atoms with Gasteiger partial charge in [0.15, 0.2) is 11.0 Å². The van der Waals surface area contributed by atoms with Crippen molar-refractivity contribution in [2.45, 2.75) is 11.7 Å². The molecule has 2 aromatic heterocycles. The molecule has 0 spiro atoms. The van der Waals surface area contributed by atoms with Crippen LogP contribution in [0.15, 0.2) is 23.5 Å². The van der Waals surface area contributed by atoms with E-state index in [-0.39, 0.29) is 5.75 Å². The van der Waals surface area contributed by atoms with Crippen molar-refractivity contribution in [2.75, 3.05) is 19.5 Å². The van der Waals surface area contributed by atoms with Gasteiger partial charge in [-0.15, -0.1) is 10.2 Å². The lowest BCUT2D eigenvalue weighted by Gasteiger charge is -2.08. The molecule has 0 fully saturated rings. The third-order valence-corrected chi connectivity index (χ3v) is 3.69. The van der Waals surface area contributed by atoms with E-state index in [1.165, 1.54) is 6.20 Å². The van der Waals surface area contributed by atoms with Gasteiger partial charge in [-0.2, -0.15) is 0 Å². The SMILES string of the molecule is COCCn1c(SCC(=O)O)nnc1-c1ccc(Cl)cn1. The van der Waals surface area contributed by atoms with Crippen LogP contribution in [0.5, 0.6) is 0 Å². The standard InChI is InChI=1S/C12H13ClN4O3S/c1-20-5-4-17-11(9-3-2-8(13)6-14-9)15-16-12(17)21-7-10(18)19/h2-3,6H,4-5,7H2,1H3,(H,18,19).